The predicted octanol–water partition coefficient (Wildman–Crippen LogP) is 12.2. The number of aryl methyl sites for hydroxylation is 3. The molecule has 0 amide bonds. The van der Waals surface area contributed by atoms with E-state index in [4.69, 9.17) is 0 Å². The molecule has 4 heteroatoms. The van der Waals surface area contributed by atoms with Crippen LogP contribution in [0.15, 0.2) is 102 Å². The summed E-state index contributed by atoms with van der Waals surface area (Å²) in [5.41, 5.74) is 7.56. The highest BCUT2D eigenvalue weighted by Gasteiger charge is 2.41. The maximum atomic E-state index is 11.7. The first-order valence-electron chi connectivity index (χ1n) is 19.1. The summed E-state index contributed by atoms with van der Waals surface area (Å²) in [4.78, 5) is 0. The lowest BCUT2D eigenvalue weighted by Gasteiger charge is -2.38. The highest BCUT2D eigenvalue weighted by molar-refractivity contribution is 5.63. The second-order valence-electron chi connectivity index (χ2n) is 15.0. The summed E-state index contributed by atoms with van der Waals surface area (Å²) in [6.45, 7) is 12.8. The number of unbranched alkanes of at least 4 members (excludes halogenated alkanes) is 3. The molecule has 1 aliphatic carbocycles. The highest BCUT2D eigenvalue weighted by Crippen LogP contribution is 2.51. The number of aliphatic hydroxyl groups is 1. The Kier molecular flexibility index (Phi) is 12.1. The minimum atomic E-state index is -0.949. The van der Waals surface area contributed by atoms with Gasteiger partial charge in [-0.15, -0.1) is 0 Å². The van der Waals surface area contributed by atoms with Crippen molar-refractivity contribution in [3.05, 3.63) is 146 Å². The van der Waals surface area contributed by atoms with E-state index in [1.807, 2.05) is 37.3 Å². The first kappa shape index (κ1) is 37.8. The molecule has 4 aromatic carbocycles. The van der Waals surface area contributed by atoms with Crippen LogP contribution in [0.2, 0.25) is 0 Å². The molecule has 1 atom stereocenters. The van der Waals surface area contributed by atoms with E-state index in [-0.39, 0.29) is 17.2 Å². The van der Waals surface area contributed by atoms with Gasteiger partial charge in [0.1, 0.15) is 17.2 Å². The number of rotatable bonds is 15. The number of aromatic hydroxyl groups is 3. The van der Waals surface area contributed by atoms with E-state index < -0.39 is 10.8 Å². The van der Waals surface area contributed by atoms with Gasteiger partial charge in [-0.2, -0.15) is 0 Å². The Balaban J connectivity index is 1.82. The van der Waals surface area contributed by atoms with E-state index in [1.54, 1.807) is 18.2 Å². The summed E-state index contributed by atoms with van der Waals surface area (Å²) in [6.07, 6.45) is 12.7. The van der Waals surface area contributed by atoms with Crippen LogP contribution in [0.25, 0.3) is 0 Å². The average Bonchev–Trinajstić information content (AvgIpc) is 3.14. The Morgan fingerprint density at radius 1 is 0.549 bits per heavy atom. The van der Waals surface area contributed by atoms with Crippen LogP contribution in [0.3, 0.4) is 0 Å². The van der Waals surface area contributed by atoms with Gasteiger partial charge in [-0.1, -0.05) is 118 Å². The van der Waals surface area contributed by atoms with Crippen molar-refractivity contribution in [2.75, 3.05) is 0 Å². The molecular formula is C47H58O4. The molecular weight excluding hydrogens is 629 g/mol. The summed E-state index contributed by atoms with van der Waals surface area (Å²) in [5.74, 6) is 0.871. The predicted molar refractivity (Wildman–Crippen MR) is 211 cm³/mol. The van der Waals surface area contributed by atoms with Crippen molar-refractivity contribution in [3.8, 4) is 17.2 Å². The summed E-state index contributed by atoms with van der Waals surface area (Å²) in [5, 5.41) is 46.5. The van der Waals surface area contributed by atoms with Gasteiger partial charge in [-0.3, -0.25) is 0 Å². The summed E-state index contributed by atoms with van der Waals surface area (Å²) >= 11 is 0. The van der Waals surface area contributed by atoms with Crippen LogP contribution in [0.5, 0.6) is 17.2 Å². The molecule has 270 valence electrons. The largest absolute Gasteiger partial charge is 0.512 e. The van der Waals surface area contributed by atoms with E-state index in [0.29, 0.717) is 12.2 Å². The number of benzene rings is 4. The van der Waals surface area contributed by atoms with Gasteiger partial charge in [-0.05, 0) is 106 Å². The summed E-state index contributed by atoms with van der Waals surface area (Å²) in [7, 11) is 0. The standard InChI is InChI=1S/C47H58O4/c1-7-10-14-33-20-24-43(49)39(28-33)46(5,38-27-32(4)19-23-42(38)48)36-17-13-18-37(31-36)47(6,40-29-34(15-11-8-2)21-25-44(40)50)41-30-35(16-12-9-3)22-26-45(41)51/h13,17-19,21-23,25-31,48-51H,7-12,14-16,20,24H2,1-6H3. The number of hydrogen-bond acceptors (Lipinski definition) is 4. The monoisotopic (exact) mass is 686 g/mol. The number of hydrogen-bond donors (Lipinski definition) is 4. The van der Waals surface area contributed by atoms with Gasteiger partial charge in [0.25, 0.3) is 0 Å². The Bertz CT molecular complexity index is 1840. The lowest BCUT2D eigenvalue weighted by molar-refractivity contribution is 0.366. The topological polar surface area (TPSA) is 80.9 Å². The maximum absolute atomic E-state index is 11.7. The minimum Gasteiger partial charge on any atom is -0.512 e. The number of allylic oxidation sites excluding steroid dienone is 4. The fourth-order valence-corrected chi connectivity index (χ4v) is 7.95. The van der Waals surface area contributed by atoms with Crippen molar-refractivity contribution in [1.29, 1.82) is 0 Å². The van der Waals surface area contributed by atoms with Crippen molar-refractivity contribution in [2.24, 2.45) is 0 Å². The molecule has 4 nitrogen and oxygen atoms in total. The van der Waals surface area contributed by atoms with Gasteiger partial charge >= 0.3 is 0 Å². The van der Waals surface area contributed by atoms with Crippen LogP contribution in [-0.2, 0) is 23.7 Å². The smallest absolute Gasteiger partial charge is 0.120 e. The van der Waals surface area contributed by atoms with Gasteiger partial charge in [0.05, 0.1) is 5.76 Å². The second kappa shape index (κ2) is 16.3. The Morgan fingerprint density at radius 3 is 1.59 bits per heavy atom. The molecule has 0 bridgehead atoms. The normalized spacial score (nSPS) is 14.7. The second-order valence-corrected chi connectivity index (χ2v) is 15.0. The molecule has 5 rings (SSSR count). The van der Waals surface area contributed by atoms with Gasteiger partial charge in [-0.25, -0.2) is 0 Å². The first-order chi connectivity index (χ1) is 24.5. The highest BCUT2D eigenvalue weighted by atomic mass is 16.3. The molecule has 0 aliphatic heterocycles. The summed E-state index contributed by atoms with van der Waals surface area (Å²) in [6, 6.07) is 25.8. The van der Waals surface area contributed by atoms with Crippen LogP contribution < -0.4 is 0 Å². The van der Waals surface area contributed by atoms with Gasteiger partial charge in [0, 0.05) is 39.5 Å². The van der Waals surface area contributed by atoms with Crippen LogP contribution in [-0.4, -0.2) is 20.4 Å². The fourth-order valence-electron chi connectivity index (χ4n) is 7.95. The molecule has 51 heavy (non-hydrogen) atoms. The number of aliphatic hydroxyl groups excluding tert-OH is 1. The van der Waals surface area contributed by atoms with Gasteiger partial charge < -0.3 is 20.4 Å². The SMILES string of the molecule is CCCCC1=CC(C(C)(c2cccc(C(C)(c3cc(CCCC)ccc3O)c3cc(CCCC)ccc3O)c2)c2cc(C)ccc2O)=C(O)CC1. The van der Waals surface area contributed by atoms with E-state index in [9.17, 15) is 20.4 Å². The zero-order valence-electron chi connectivity index (χ0n) is 31.6. The van der Waals surface area contributed by atoms with E-state index in [1.165, 1.54) is 5.57 Å². The molecule has 0 fully saturated rings. The molecule has 0 aromatic heterocycles. The number of phenols is 3. The van der Waals surface area contributed by atoms with Crippen molar-refractivity contribution in [2.45, 2.75) is 123 Å². The molecule has 0 saturated heterocycles. The fraction of sp³-hybridized carbons (Fsp3) is 0.404. The maximum Gasteiger partial charge on any atom is 0.120 e. The lowest BCUT2D eigenvalue weighted by Crippen LogP contribution is -2.31. The molecule has 4 N–H and O–H groups in total. The van der Waals surface area contributed by atoms with Crippen LogP contribution in [0.1, 0.15) is 137 Å². The van der Waals surface area contributed by atoms with Gasteiger partial charge in [0.15, 0.2) is 0 Å². The molecule has 4 aromatic rings. The zero-order chi connectivity index (χ0) is 36.8. The molecule has 1 aliphatic rings. The third kappa shape index (κ3) is 7.76. The van der Waals surface area contributed by atoms with Crippen molar-refractivity contribution in [1.82, 2.24) is 0 Å². The third-order valence-corrected chi connectivity index (χ3v) is 11.3. The molecule has 0 saturated carbocycles. The Hall–Kier alpha value is -4.44. The zero-order valence-corrected chi connectivity index (χ0v) is 31.6. The average molecular weight is 687 g/mol. The number of phenolic OH excluding ortho intramolecular Hbond substituents is 3. The minimum absolute atomic E-state index is 0.174. The van der Waals surface area contributed by atoms with E-state index in [0.717, 1.165) is 114 Å². The molecule has 0 radical (unpaired) electrons. The van der Waals surface area contributed by atoms with E-state index >= 15 is 0 Å². The van der Waals surface area contributed by atoms with Crippen molar-refractivity contribution < 1.29 is 20.4 Å². The van der Waals surface area contributed by atoms with Crippen molar-refractivity contribution in [3.63, 3.8) is 0 Å². The van der Waals surface area contributed by atoms with E-state index in [2.05, 4.69) is 71.0 Å². The van der Waals surface area contributed by atoms with Crippen LogP contribution >= 0.6 is 0 Å². The Labute approximate surface area is 306 Å². The molecule has 1 unspecified atom stereocenters. The third-order valence-electron chi connectivity index (χ3n) is 11.3. The summed E-state index contributed by atoms with van der Waals surface area (Å²) < 4.78 is 0. The van der Waals surface area contributed by atoms with Crippen LogP contribution in [0.4, 0.5) is 0 Å². The first-order valence-corrected chi connectivity index (χ1v) is 19.1. The lowest BCUT2D eigenvalue weighted by atomic mass is 9.65. The molecule has 0 spiro atoms. The Morgan fingerprint density at radius 2 is 1.04 bits per heavy atom. The van der Waals surface area contributed by atoms with Crippen LogP contribution in [0, 0.1) is 6.92 Å². The quantitative estimate of drug-likeness (QED) is 0.0938. The van der Waals surface area contributed by atoms with Crippen molar-refractivity contribution >= 4 is 0 Å². The van der Waals surface area contributed by atoms with Gasteiger partial charge in [0.2, 0.25) is 0 Å². The molecule has 0 heterocycles.